The van der Waals surface area contributed by atoms with E-state index in [-0.39, 0.29) is 0 Å². The Hall–Kier alpha value is -2.55. The third-order valence-electron chi connectivity index (χ3n) is 4.79. The quantitative estimate of drug-likeness (QED) is 0.529. The van der Waals surface area contributed by atoms with E-state index < -0.39 is 0 Å². The van der Waals surface area contributed by atoms with Crippen LogP contribution < -0.4 is 9.30 Å². The zero-order chi connectivity index (χ0) is 15.4. The number of methoxy groups -OCH3 is 1. The largest absolute Gasteiger partial charge is 0.497 e. The summed E-state index contributed by atoms with van der Waals surface area (Å²) < 4.78 is 7.55. The maximum absolute atomic E-state index is 5.38. The smallest absolute Gasteiger partial charge is 0.185 e. The number of H-pyrrole nitrogens is 1. The first kappa shape index (κ1) is 13.1. The van der Waals surface area contributed by atoms with Gasteiger partial charge < -0.3 is 9.72 Å². The van der Waals surface area contributed by atoms with Crippen LogP contribution in [-0.4, -0.2) is 12.1 Å². The molecular weight excluding hydrogens is 272 g/mol. The lowest BCUT2D eigenvalue weighted by Gasteiger charge is -2.06. The summed E-state index contributed by atoms with van der Waals surface area (Å²) in [5, 5.41) is 5.08. The number of benzene rings is 2. The Balaban J connectivity index is 2.23. The normalized spacial score (nSPS) is 11.6. The number of aromatic nitrogens is 2. The molecule has 0 spiro atoms. The molecule has 0 saturated heterocycles. The van der Waals surface area contributed by atoms with Crippen LogP contribution in [0.4, 0.5) is 0 Å². The Morgan fingerprint density at radius 3 is 2.55 bits per heavy atom. The molecule has 2 heterocycles. The van der Waals surface area contributed by atoms with Gasteiger partial charge in [-0.3, -0.25) is 0 Å². The lowest BCUT2D eigenvalue weighted by atomic mass is 10.0. The molecule has 0 unspecified atom stereocenters. The molecule has 0 atom stereocenters. The molecule has 0 amide bonds. The molecule has 0 saturated carbocycles. The van der Waals surface area contributed by atoms with E-state index in [1.165, 1.54) is 38.3 Å². The van der Waals surface area contributed by atoms with E-state index in [1.54, 1.807) is 7.11 Å². The number of hydrogen-bond donors (Lipinski definition) is 1. The molecule has 2 aromatic heterocycles. The van der Waals surface area contributed by atoms with Gasteiger partial charge in [-0.25, -0.2) is 4.57 Å². The van der Waals surface area contributed by atoms with Gasteiger partial charge in [0, 0.05) is 34.7 Å². The standard InChI is InChI=1S/C19H18N2O/c1-11-14-7-8-21(3)12(2)15(14)10-17-16-9-13(22-4)5-6-18(16)20-19(11)17/h5-10H,1-4H3/p+1. The fourth-order valence-electron chi connectivity index (χ4n) is 3.33. The van der Waals surface area contributed by atoms with E-state index >= 15 is 0 Å². The Morgan fingerprint density at radius 2 is 1.77 bits per heavy atom. The highest BCUT2D eigenvalue weighted by Gasteiger charge is 2.15. The van der Waals surface area contributed by atoms with E-state index in [0.717, 1.165) is 11.3 Å². The summed E-state index contributed by atoms with van der Waals surface area (Å²) in [6.45, 7) is 4.36. The van der Waals surface area contributed by atoms with Gasteiger partial charge in [-0.1, -0.05) is 0 Å². The van der Waals surface area contributed by atoms with Crippen LogP contribution in [0.3, 0.4) is 0 Å². The van der Waals surface area contributed by atoms with E-state index in [9.17, 15) is 0 Å². The number of hydrogen-bond acceptors (Lipinski definition) is 1. The molecule has 110 valence electrons. The fourth-order valence-corrected chi connectivity index (χ4v) is 3.33. The van der Waals surface area contributed by atoms with Gasteiger partial charge in [-0.2, -0.15) is 0 Å². The Kier molecular flexibility index (Phi) is 2.67. The van der Waals surface area contributed by atoms with Gasteiger partial charge in [0.15, 0.2) is 11.9 Å². The van der Waals surface area contributed by atoms with Gasteiger partial charge in [0.05, 0.1) is 12.6 Å². The first-order chi connectivity index (χ1) is 10.6. The SMILES string of the molecule is COc1ccc2[nH]c3c(C)c4cc[n+](C)c(C)c4cc3c2c1. The number of aromatic amines is 1. The van der Waals surface area contributed by atoms with Crippen LogP contribution in [0.2, 0.25) is 0 Å². The van der Waals surface area contributed by atoms with Crippen LogP contribution in [0.25, 0.3) is 32.6 Å². The van der Waals surface area contributed by atoms with Crippen molar-refractivity contribution < 1.29 is 9.30 Å². The summed E-state index contributed by atoms with van der Waals surface area (Å²) in [5.41, 5.74) is 4.94. The number of ether oxygens (including phenoxy) is 1. The third-order valence-corrected chi connectivity index (χ3v) is 4.79. The number of nitrogens with zero attached hydrogens (tertiary/aromatic N) is 1. The van der Waals surface area contributed by atoms with E-state index in [0.29, 0.717) is 0 Å². The van der Waals surface area contributed by atoms with E-state index in [4.69, 9.17) is 4.74 Å². The maximum Gasteiger partial charge on any atom is 0.185 e. The minimum Gasteiger partial charge on any atom is -0.497 e. The molecule has 3 heteroatoms. The van der Waals surface area contributed by atoms with Crippen molar-refractivity contribution in [3.05, 3.63) is 47.8 Å². The second kappa shape index (κ2) is 4.47. The summed E-state index contributed by atoms with van der Waals surface area (Å²) in [6.07, 6.45) is 2.13. The molecule has 0 aliphatic heterocycles. The highest BCUT2D eigenvalue weighted by atomic mass is 16.5. The molecule has 0 aliphatic carbocycles. The van der Waals surface area contributed by atoms with Crippen LogP contribution >= 0.6 is 0 Å². The molecule has 0 radical (unpaired) electrons. The van der Waals surface area contributed by atoms with E-state index in [1.807, 2.05) is 6.07 Å². The number of fused-ring (bicyclic) bond motifs is 4. The van der Waals surface area contributed by atoms with Gasteiger partial charge in [-0.05, 0) is 42.1 Å². The predicted octanol–water partition coefficient (Wildman–Crippen LogP) is 3.92. The highest BCUT2D eigenvalue weighted by molar-refractivity contribution is 6.14. The molecule has 4 aromatic rings. The average Bonchev–Trinajstić information content (AvgIpc) is 2.90. The molecule has 0 fully saturated rings. The van der Waals surface area contributed by atoms with Crippen molar-refractivity contribution >= 4 is 32.6 Å². The summed E-state index contributed by atoms with van der Waals surface area (Å²) in [5.74, 6) is 0.890. The number of aryl methyl sites for hydroxylation is 3. The second-order valence-electron chi connectivity index (χ2n) is 5.93. The highest BCUT2D eigenvalue weighted by Crippen LogP contribution is 2.34. The van der Waals surface area contributed by atoms with Crippen molar-refractivity contribution in [3.8, 4) is 5.75 Å². The topological polar surface area (TPSA) is 28.9 Å². The lowest BCUT2D eigenvalue weighted by molar-refractivity contribution is -0.676. The van der Waals surface area contributed by atoms with E-state index in [2.05, 4.69) is 60.9 Å². The summed E-state index contributed by atoms with van der Waals surface area (Å²) in [6, 6.07) is 10.7. The molecule has 1 N–H and O–H groups in total. The first-order valence-corrected chi connectivity index (χ1v) is 7.48. The van der Waals surface area contributed by atoms with Gasteiger partial charge in [0.25, 0.3) is 0 Å². The van der Waals surface area contributed by atoms with Gasteiger partial charge in [0.1, 0.15) is 12.8 Å². The van der Waals surface area contributed by atoms with Crippen LogP contribution in [0.15, 0.2) is 36.5 Å². The minimum atomic E-state index is 0.890. The molecule has 0 aliphatic rings. The summed E-state index contributed by atoms with van der Waals surface area (Å²) >= 11 is 0. The third kappa shape index (κ3) is 1.65. The monoisotopic (exact) mass is 291 g/mol. The molecule has 4 rings (SSSR count). The van der Waals surface area contributed by atoms with Crippen molar-refractivity contribution in [1.82, 2.24) is 4.98 Å². The van der Waals surface area contributed by atoms with Crippen molar-refractivity contribution in [2.75, 3.05) is 7.11 Å². The maximum atomic E-state index is 5.38. The first-order valence-electron chi connectivity index (χ1n) is 7.48. The van der Waals surface area contributed by atoms with Gasteiger partial charge in [0.2, 0.25) is 0 Å². The fraction of sp³-hybridized carbons (Fsp3) is 0.211. The van der Waals surface area contributed by atoms with Crippen molar-refractivity contribution in [2.24, 2.45) is 7.05 Å². The molecular formula is C19H19N2O+. The Morgan fingerprint density at radius 1 is 0.955 bits per heavy atom. The summed E-state index contributed by atoms with van der Waals surface area (Å²) in [7, 11) is 3.80. The van der Waals surface area contributed by atoms with Gasteiger partial charge in [-0.15, -0.1) is 0 Å². The van der Waals surface area contributed by atoms with Crippen molar-refractivity contribution in [3.63, 3.8) is 0 Å². The second-order valence-corrected chi connectivity index (χ2v) is 5.93. The zero-order valence-electron chi connectivity index (χ0n) is 13.3. The van der Waals surface area contributed by atoms with Crippen LogP contribution in [0.5, 0.6) is 5.75 Å². The molecule has 3 nitrogen and oxygen atoms in total. The number of nitrogens with one attached hydrogen (secondary N) is 1. The van der Waals surface area contributed by atoms with Crippen LogP contribution in [-0.2, 0) is 7.05 Å². The lowest BCUT2D eigenvalue weighted by Crippen LogP contribution is -2.31. The molecule has 22 heavy (non-hydrogen) atoms. The summed E-state index contributed by atoms with van der Waals surface area (Å²) in [4.78, 5) is 3.56. The number of pyridine rings is 1. The van der Waals surface area contributed by atoms with Gasteiger partial charge >= 0.3 is 0 Å². The minimum absolute atomic E-state index is 0.890. The zero-order valence-corrected chi connectivity index (χ0v) is 13.3. The average molecular weight is 291 g/mol. The van der Waals surface area contributed by atoms with Crippen molar-refractivity contribution in [1.29, 1.82) is 0 Å². The van der Waals surface area contributed by atoms with Crippen LogP contribution in [0, 0.1) is 13.8 Å². The van der Waals surface area contributed by atoms with Crippen LogP contribution in [0.1, 0.15) is 11.3 Å². The Labute approximate surface area is 129 Å². The Bertz CT molecular complexity index is 1040. The molecule has 0 bridgehead atoms. The molecule has 2 aromatic carbocycles. The van der Waals surface area contributed by atoms with Crippen molar-refractivity contribution in [2.45, 2.75) is 13.8 Å². The predicted molar refractivity (Wildman–Crippen MR) is 90.5 cm³/mol. The number of rotatable bonds is 1.